The van der Waals surface area contributed by atoms with Gasteiger partial charge >= 0.3 is 11.9 Å². The number of carbonyl (C=O) groups is 3. The summed E-state index contributed by atoms with van der Waals surface area (Å²) in [6, 6.07) is 11.8. The maximum atomic E-state index is 13.2. The molecule has 33 heavy (non-hydrogen) atoms. The smallest absolute Gasteiger partial charge is 0.350 e. The van der Waals surface area contributed by atoms with Crippen LogP contribution in [0.25, 0.3) is 5.76 Å². The minimum Gasteiger partial charge on any atom is -0.507 e. The summed E-state index contributed by atoms with van der Waals surface area (Å²) in [6.45, 7) is 1.61. The first-order valence-electron chi connectivity index (χ1n) is 9.61. The van der Waals surface area contributed by atoms with Crippen molar-refractivity contribution in [1.82, 2.24) is 4.98 Å². The molecule has 0 saturated carbocycles. The Labute approximate surface area is 202 Å². The van der Waals surface area contributed by atoms with Gasteiger partial charge in [-0.1, -0.05) is 46.7 Å². The largest absolute Gasteiger partial charge is 0.507 e. The Morgan fingerprint density at radius 1 is 1.06 bits per heavy atom. The van der Waals surface area contributed by atoms with Gasteiger partial charge in [0.05, 0.1) is 24.4 Å². The summed E-state index contributed by atoms with van der Waals surface area (Å²) in [7, 11) is 1.24. The van der Waals surface area contributed by atoms with E-state index in [9.17, 15) is 19.5 Å². The lowest BCUT2D eigenvalue weighted by atomic mass is 9.95. The minimum atomic E-state index is -0.992. The molecule has 0 spiro atoms. The molecular weight excluding hydrogens is 487 g/mol. The summed E-state index contributed by atoms with van der Waals surface area (Å²) in [6.07, 6.45) is 0. The normalized spacial score (nSPS) is 17.5. The first-order chi connectivity index (χ1) is 15.7. The van der Waals surface area contributed by atoms with Gasteiger partial charge in [-0.05, 0) is 48.9 Å². The van der Waals surface area contributed by atoms with E-state index in [1.807, 2.05) is 0 Å². The van der Waals surface area contributed by atoms with Gasteiger partial charge in [-0.3, -0.25) is 14.5 Å². The highest BCUT2D eigenvalue weighted by atomic mass is 35.5. The van der Waals surface area contributed by atoms with E-state index in [-0.39, 0.29) is 21.3 Å². The number of amides is 1. The Kier molecular flexibility index (Phi) is 6.25. The molecule has 1 fully saturated rings. The predicted molar refractivity (Wildman–Crippen MR) is 126 cm³/mol. The zero-order chi connectivity index (χ0) is 23.9. The zero-order valence-corrected chi connectivity index (χ0v) is 19.7. The SMILES string of the molecule is COC(=O)c1sc(N2C(=O)C(=O)/C(=C(/O)c3ccc(Cl)cc3)[C@@H]2c2ccc(Cl)cc2)nc1C. The van der Waals surface area contributed by atoms with E-state index < -0.39 is 23.7 Å². The summed E-state index contributed by atoms with van der Waals surface area (Å²) in [4.78, 5) is 44.1. The highest BCUT2D eigenvalue weighted by Crippen LogP contribution is 2.44. The van der Waals surface area contributed by atoms with Crippen molar-refractivity contribution in [3.8, 4) is 0 Å². The van der Waals surface area contributed by atoms with E-state index in [1.54, 1.807) is 55.5 Å². The average molecular weight is 503 g/mol. The third kappa shape index (κ3) is 4.13. The number of Topliss-reactive ketones (excluding diaryl/α,β-unsaturated/α-hetero) is 1. The van der Waals surface area contributed by atoms with E-state index >= 15 is 0 Å². The standard InChI is InChI=1S/C23H16Cl2N2O5S/c1-11-20(22(31)32-2)33-23(26-11)27-17(12-3-7-14(24)8-4-12)16(19(29)21(27)30)18(28)13-5-9-15(25)10-6-13/h3-10,17,28H,1-2H3/b18-16+/t17-/m0/s1. The number of esters is 1. The maximum Gasteiger partial charge on any atom is 0.350 e. The Bertz CT molecular complexity index is 1300. The molecule has 10 heteroatoms. The molecule has 1 atom stereocenters. The average Bonchev–Trinajstić information content (AvgIpc) is 3.31. The van der Waals surface area contributed by atoms with Gasteiger partial charge in [-0.15, -0.1) is 0 Å². The van der Waals surface area contributed by atoms with Crippen LogP contribution in [0.1, 0.15) is 32.5 Å². The van der Waals surface area contributed by atoms with Crippen molar-refractivity contribution in [3.05, 3.63) is 85.8 Å². The van der Waals surface area contributed by atoms with Gasteiger partial charge in [0.1, 0.15) is 10.6 Å². The lowest BCUT2D eigenvalue weighted by Crippen LogP contribution is -2.29. The second-order valence-corrected chi connectivity index (χ2v) is 8.98. The molecule has 1 aromatic heterocycles. The van der Waals surface area contributed by atoms with Gasteiger partial charge < -0.3 is 9.84 Å². The molecule has 1 aliphatic heterocycles. The number of aliphatic hydroxyl groups is 1. The quantitative estimate of drug-likeness (QED) is 0.228. The molecule has 1 N–H and O–H groups in total. The van der Waals surface area contributed by atoms with Gasteiger partial charge in [0.15, 0.2) is 5.13 Å². The monoisotopic (exact) mass is 502 g/mol. The maximum absolute atomic E-state index is 13.2. The first kappa shape index (κ1) is 23.0. The van der Waals surface area contributed by atoms with Gasteiger partial charge in [-0.25, -0.2) is 9.78 Å². The molecule has 0 aliphatic carbocycles. The van der Waals surface area contributed by atoms with Crippen molar-refractivity contribution in [3.63, 3.8) is 0 Å². The molecule has 1 amide bonds. The molecule has 7 nitrogen and oxygen atoms in total. The second-order valence-electron chi connectivity index (χ2n) is 7.13. The van der Waals surface area contributed by atoms with Crippen molar-refractivity contribution < 1.29 is 24.2 Å². The van der Waals surface area contributed by atoms with E-state index in [0.717, 1.165) is 11.3 Å². The predicted octanol–water partition coefficient (Wildman–Crippen LogP) is 5.17. The molecule has 3 aromatic rings. The number of nitrogens with zero attached hydrogens (tertiary/aromatic N) is 2. The molecule has 168 valence electrons. The van der Waals surface area contributed by atoms with E-state index in [1.165, 1.54) is 12.0 Å². The number of hydrogen-bond acceptors (Lipinski definition) is 7. The van der Waals surface area contributed by atoms with Crippen molar-refractivity contribution in [1.29, 1.82) is 0 Å². The second kappa shape index (κ2) is 8.97. The van der Waals surface area contributed by atoms with Crippen molar-refractivity contribution >= 4 is 63.1 Å². The van der Waals surface area contributed by atoms with Crippen LogP contribution < -0.4 is 4.90 Å². The van der Waals surface area contributed by atoms with Crippen LogP contribution in [0.5, 0.6) is 0 Å². The van der Waals surface area contributed by atoms with Gasteiger partial charge in [0.2, 0.25) is 0 Å². The highest BCUT2D eigenvalue weighted by Gasteiger charge is 2.48. The zero-order valence-electron chi connectivity index (χ0n) is 17.3. The Morgan fingerprint density at radius 2 is 1.64 bits per heavy atom. The molecule has 0 radical (unpaired) electrons. The third-order valence-corrected chi connectivity index (χ3v) is 6.75. The van der Waals surface area contributed by atoms with Crippen LogP contribution >= 0.6 is 34.5 Å². The van der Waals surface area contributed by atoms with Gasteiger partial charge in [0, 0.05) is 15.6 Å². The molecule has 2 aromatic carbocycles. The number of rotatable bonds is 4. The molecule has 0 bridgehead atoms. The summed E-state index contributed by atoms with van der Waals surface area (Å²) < 4.78 is 4.78. The van der Waals surface area contributed by atoms with Crippen molar-refractivity contribution in [2.24, 2.45) is 0 Å². The fraction of sp³-hybridized carbons (Fsp3) is 0.130. The van der Waals surface area contributed by atoms with Crippen LogP contribution in [0, 0.1) is 6.92 Å². The number of aromatic nitrogens is 1. The molecule has 0 unspecified atom stereocenters. The number of carbonyl (C=O) groups excluding carboxylic acids is 3. The summed E-state index contributed by atoms with van der Waals surface area (Å²) >= 11 is 12.9. The molecule has 4 rings (SSSR count). The number of halogens is 2. The topological polar surface area (TPSA) is 96.8 Å². The number of aryl methyl sites for hydroxylation is 1. The van der Waals surface area contributed by atoms with Crippen LogP contribution in [0.4, 0.5) is 5.13 Å². The number of ether oxygens (including phenoxy) is 1. The van der Waals surface area contributed by atoms with E-state index in [4.69, 9.17) is 27.9 Å². The van der Waals surface area contributed by atoms with Crippen LogP contribution in [0.2, 0.25) is 10.0 Å². The first-order valence-corrected chi connectivity index (χ1v) is 11.2. The van der Waals surface area contributed by atoms with Gasteiger partial charge in [0.25, 0.3) is 5.78 Å². The lowest BCUT2D eigenvalue weighted by molar-refractivity contribution is -0.132. The van der Waals surface area contributed by atoms with Crippen LogP contribution in [-0.4, -0.2) is 34.9 Å². The fourth-order valence-corrected chi connectivity index (χ4v) is 4.78. The third-order valence-electron chi connectivity index (χ3n) is 5.11. The van der Waals surface area contributed by atoms with Crippen LogP contribution in [0.3, 0.4) is 0 Å². The highest BCUT2D eigenvalue weighted by molar-refractivity contribution is 7.17. The molecule has 1 aliphatic rings. The summed E-state index contributed by atoms with van der Waals surface area (Å²) in [5.41, 5.74) is 1.09. The Morgan fingerprint density at radius 3 is 2.21 bits per heavy atom. The van der Waals surface area contributed by atoms with Crippen molar-refractivity contribution in [2.75, 3.05) is 12.0 Å². The minimum absolute atomic E-state index is 0.114. The number of ketones is 1. The lowest BCUT2D eigenvalue weighted by Gasteiger charge is -2.23. The molecular formula is C23H16Cl2N2O5S. The number of thiazole rings is 1. The van der Waals surface area contributed by atoms with E-state index in [2.05, 4.69) is 4.98 Å². The number of hydrogen-bond donors (Lipinski definition) is 1. The Hall–Kier alpha value is -3.20. The Balaban J connectivity index is 1.93. The van der Waals surface area contributed by atoms with Crippen LogP contribution in [-0.2, 0) is 14.3 Å². The number of anilines is 1. The van der Waals surface area contributed by atoms with E-state index in [0.29, 0.717) is 26.9 Å². The number of methoxy groups -OCH3 is 1. The van der Waals surface area contributed by atoms with Crippen molar-refractivity contribution in [2.45, 2.75) is 13.0 Å². The number of aliphatic hydroxyl groups excluding tert-OH is 1. The van der Waals surface area contributed by atoms with Crippen LogP contribution in [0.15, 0.2) is 54.1 Å². The molecule has 1 saturated heterocycles. The molecule has 2 heterocycles. The summed E-state index contributed by atoms with van der Waals surface area (Å²) in [5, 5.41) is 12.1. The number of benzene rings is 2. The summed E-state index contributed by atoms with van der Waals surface area (Å²) in [5.74, 6) is -2.71. The fourth-order valence-electron chi connectivity index (χ4n) is 3.52. The van der Waals surface area contributed by atoms with Gasteiger partial charge in [-0.2, -0.15) is 0 Å².